The molecule has 4 nitrogen and oxygen atoms in total. The third-order valence-electron chi connectivity index (χ3n) is 3.21. The zero-order chi connectivity index (χ0) is 13.7. The van der Waals surface area contributed by atoms with Crippen LogP contribution in [0.5, 0.6) is 0 Å². The Kier molecular flexibility index (Phi) is 5.19. The van der Waals surface area contributed by atoms with Crippen molar-refractivity contribution < 1.29 is 9.53 Å². The minimum Gasteiger partial charge on any atom is -0.374 e. The molecule has 1 aliphatic heterocycles. The van der Waals surface area contributed by atoms with Crippen molar-refractivity contribution in [2.45, 2.75) is 12.5 Å². The second-order valence-electron chi connectivity index (χ2n) is 4.74. The molecule has 1 unspecified atom stereocenters. The van der Waals surface area contributed by atoms with E-state index in [2.05, 4.69) is 5.32 Å². The van der Waals surface area contributed by atoms with E-state index >= 15 is 0 Å². The summed E-state index contributed by atoms with van der Waals surface area (Å²) in [4.78, 5) is 13.8. The fourth-order valence-corrected chi connectivity index (χ4v) is 2.29. The molecule has 1 aromatic rings. The van der Waals surface area contributed by atoms with Gasteiger partial charge in [0, 0.05) is 31.7 Å². The predicted octanol–water partition coefficient (Wildman–Crippen LogP) is 1.33. The van der Waals surface area contributed by atoms with Gasteiger partial charge in [0.05, 0.1) is 19.1 Å². The number of likely N-dealkylation sites (N-methyl/N-ethyl adjacent to an activating group) is 1. The first-order chi connectivity index (χ1) is 9.16. The maximum atomic E-state index is 12.1. The molecule has 2 rings (SSSR count). The Balaban J connectivity index is 1.87. The Hall–Kier alpha value is -1.10. The van der Waals surface area contributed by atoms with Crippen molar-refractivity contribution in [1.82, 2.24) is 10.2 Å². The van der Waals surface area contributed by atoms with E-state index in [1.165, 1.54) is 0 Å². The van der Waals surface area contributed by atoms with Crippen molar-refractivity contribution in [3.8, 4) is 0 Å². The summed E-state index contributed by atoms with van der Waals surface area (Å²) in [6.45, 7) is 2.99. The van der Waals surface area contributed by atoms with Crippen molar-refractivity contribution >= 4 is 17.5 Å². The van der Waals surface area contributed by atoms with Gasteiger partial charge in [-0.2, -0.15) is 0 Å². The average molecular weight is 283 g/mol. The van der Waals surface area contributed by atoms with E-state index in [-0.39, 0.29) is 12.0 Å². The second kappa shape index (κ2) is 6.89. The van der Waals surface area contributed by atoms with Crippen LogP contribution in [0.2, 0.25) is 5.02 Å². The SMILES string of the molecule is CN(CC1CNCCO1)C(=O)Cc1ccccc1Cl. The molecule has 1 aromatic carbocycles. The number of amides is 1. The summed E-state index contributed by atoms with van der Waals surface area (Å²) in [7, 11) is 1.80. The monoisotopic (exact) mass is 282 g/mol. The van der Waals surface area contributed by atoms with Crippen molar-refractivity contribution in [2.24, 2.45) is 0 Å². The first-order valence-corrected chi connectivity index (χ1v) is 6.84. The van der Waals surface area contributed by atoms with Crippen LogP contribution >= 0.6 is 11.6 Å². The molecule has 104 valence electrons. The number of morpholine rings is 1. The summed E-state index contributed by atoms with van der Waals surface area (Å²) in [5.41, 5.74) is 0.865. The first kappa shape index (κ1) is 14.3. The second-order valence-corrected chi connectivity index (χ2v) is 5.15. The van der Waals surface area contributed by atoms with Crippen LogP contribution in [-0.4, -0.2) is 50.2 Å². The van der Waals surface area contributed by atoms with E-state index in [4.69, 9.17) is 16.3 Å². The van der Waals surface area contributed by atoms with Crippen LogP contribution in [0.25, 0.3) is 0 Å². The molecule has 0 radical (unpaired) electrons. The van der Waals surface area contributed by atoms with E-state index in [0.29, 0.717) is 24.6 Å². The molecule has 1 aliphatic rings. The molecule has 0 aliphatic carbocycles. The maximum absolute atomic E-state index is 12.1. The van der Waals surface area contributed by atoms with Crippen molar-refractivity contribution in [3.05, 3.63) is 34.9 Å². The lowest BCUT2D eigenvalue weighted by Crippen LogP contribution is -2.46. The summed E-state index contributed by atoms with van der Waals surface area (Å²) in [5.74, 6) is 0.0577. The number of benzene rings is 1. The van der Waals surface area contributed by atoms with Crippen LogP contribution in [0.4, 0.5) is 0 Å². The molecule has 1 N–H and O–H groups in total. The van der Waals surface area contributed by atoms with E-state index in [9.17, 15) is 4.79 Å². The highest BCUT2D eigenvalue weighted by Crippen LogP contribution is 2.16. The number of ether oxygens (including phenoxy) is 1. The molecule has 1 atom stereocenters. The van der Waals surface area contributed by atoms with Crippen LogP contribution in [0.1, 0.15) is 5.56 Å². The zero-order valence-corrected chi connectivity index (χ0v) is 11.8. The molecule has 1 heterocycles. The van der Waals surface area contributed by atoms with Gasteiger partial charge in [-0.1, -0.05) is 29.8 Å². The molecule has 0 aromatic heterocycles. The summed E-state index contributed by atoms with van der Waals surface area (Å²) in [6, 6.07) is 7.44. The fraction of sp³-hybridized carbons (Fsp3) is 0.500. The summed E-state index contributed by atoms with van der Waals surface area (Å²) in [5, 5.41) is 3.89. The molecular formula is C14H19ClN2O2. The Morgan fingerprint density at radius 2 is 2.32 bits per heavy atom. The van der Waals surface area contributed by atoms with Gasteiger partial charge in [0.25, 0.3) is 0 Å². The van der Waals surface area contributed by atoms with Gasteiger partial charge in [-0.25, -0.2) is 0 Å². The summed E-state index contributed by atoms with van der Waals surface area (Å²) < 4.78 is 5.59. The Bertz CT molecular complexity index is 433. The number of carbonyl (C=O) groups is 1. The molecule has 0 saturated carbocycles. The molecule has 0 bridgehead atoms. The lowest BCUT2D eigenvalue weighted by atomic mass is 10.1. The molecule has 0 spiro atoms. The average Bonchev–Trinajstić information content (AvgIpc) is 2.42. The van der Waals surface area contributed by atoms with E-state index in [1.54, 1.807) is 18.0 Å². The van der Waals surface area contributed by atoms with Crippen molar-refractivity contribution in [1.29, 1.82) is 0 Å². The van der Waals surface area contributed by atoms with Crippen LogP contribution in [0.15, 0.2) is 24.3 Å². The quantitative estimate of drug-likeness (QED) is 0.906. The molecule has 1 fully saturated rings. The Morgan fingerprint density at radius 1 is 1.53 bits per heavy atom. The van der Waals surface area contributed by atoms with Gasteiger partial charge in [-0.05, 0) is 11.6 Å². The topological polar surface area (TPSA) is 41.6 Å². The minimum atomic E-state index is 0.0577. The number of nitrogens with zero attached hydrogens (tertiary/aromatic N) is 1. The maximum Gasteiger partial charge on any atom is 0.226 e. The number of carbonyl (C=O) groups excluding carboxylic acids is 1. The lowest BCUT2D eigenvalue weighted by Gasteiger charge is -2.28. The van der Waals surface area contributed by atoms with E-state index in [0.717, 1.165) is 18.7 Å². The van der Waals surface area contributed by atoms with Crippen molar-refractivity contribution in [3.63, 3.8) is 0 Å². The van der Waals surface area contributed by atoms with E-state index in [1.807, 2.05) is 18.2 Å². The van der Waals surface area contributed by atoms with Crippen LogP contribution in [0, 0.1) is 0 Å². The molecule has 5 heteroatoms. The Labute approximate surface area is 118 Å². The summed E-state index contributed by atoms with van der Waals surface area (Å²) in [6.07, 6.45) is 0.407. The Morgan fingerprint density at radius 3 is 3.00 bits per heavy atom. The molecule has 1 saturated heterocycles. The van der Waals surface area contributed by atoms with Gasteiger partial charge in [-0.3, -0.25) is 4.79 Å². The van der Waals surface area contributed by atoms with Gasteiger partial charge in [0.1, 0.15) is 0 Å². The zero-order valence-electron chi connectivity index (χ0n) is 11.1. The number of nitrogens with one attached hydrogen (secondary N) is 1. The van der Waals surface area contributed by atoms with Crippen LogP contribution in [-0.2, 0) is 16.0 Å². The molecule has 1 amide bonds. The fourth-order valence-electron chi connectivity index (χ4n) is 2.08. The van der Waals surface area contributed by atoms with Gasteiger partial charge in [0.2, 0.25) is 5.91 Å². The van der Waals surface area contributed by atoms with Crippen LogP contribution in [0.3, 0.4) is 0 Å². The van der Waals surface area contributed by atoms with Crippen LogP contribution < -0.4 is 5.32 Å². The highest BCUT2D eigenvalue weighted by Gasteiger charge is 2.19. The highest BCUT2D eigenvalue weighted by molar-refractivity contribution is 6.31. The van der Waals surface area contributed by atoms with Gasteiger partial charge in [0.15, 0.2) is 0 Å². The molecule has 19 heavy (non-hydrogen) atoms. The number of rotatable bonds is 4. The standard InChI is InChI=1S/C14H19ClN2O2/c1-17(10-12-9-16-6-7-19-12)14(18)8-11-4-2-3-5-13(11)15/h2-5,12,16H,6-10H2,1H3. The largest absolute Gasteiger partial charge is 0.374 e. The van der Waals surface area contributed by atoms with Gasteiger partial charge in [-0.15, -0.1) is 0 Å². The lowest BCUT2D eigenvalue weighted by molar-refractivity contribution is -0.131. The van der Waals surface area contributed by atoms with Gasteiger partial charge >= 0.3 is 0 Å². The van der Waals surface area contributed by atoms with E-state index < -0.39 is 0 Å². The minimum absolute atomic E-state index is 0.0577. The number of hydrogen-bond donors (Lipinski definition) is 1. The number of halogens is 1. The van der Waals surface area contributed by atoms with Gasteiger partial charge < -0.3 is 15.0 Å². The first-order valence-electron chi connectivity index (χ1n) is 6.46. The third-order valence-corrected chi connectivity index (χ3v) is 3.58. The third kappa shape index (κ3) is 4.20. The normalized spacial score (nSPS) is 19.2. The van der Waals surface area contributed by atoms with Crippen molar-refractivity contribution in [2.75, 3.05) is 33.3 Å². The molecular weight excluding hydrogens is 264 g/mol. The smallest absolute Gasteiger partial charge is 0.226 e. The summed E-state index contributed by atoms with van der Waals surface area (Å²) >= 11 is 6.06. The highest BCUT2D eigenvalue weighted by atomic mass is 35.5. The number of hydrogen-bond acceptors (Lipinski definition) is 3. The predicted molar refractivity (Wildman–Crippen MR) is 75.4 cm³/mol.